The summed E-state index contributed by atoms with van der Waals surface area (Å²) in [6.45, 7) is 0. The summed E-state index contributed by atoms with van der Waals surface area (Å²) in [4.78, 5) is 27.4. The molecule has 0 radical (unpaired) electrons. The fourth-order valence-electron chi connectivity index (χ4n) is 3.03. The molecule has 4 rings (SSSR count). The fraction of sp³-hybridized carbons (Fsp3) is 0. The van der Waals surface area contributed by atoms with Crippen molar-refractivity contribution >= 4 is 40.0 Å². The quantitative estimate of drug-likeness (QED) is 0.276. The van der Waals surface area contributed by atoms with Gasteiger partial charge in [0.1, 0.15) is 5.82 Å². The van der Waals surface area contributed by atoms with E-state index in [0.29, 0.717) is 27.0 Å². The van der Waals surface area contributed by atoms with Crippen LogP contribution in [-0.4, -0.2) is 25.8 Å². The van der Waals surface area contributed by atoms with Crippen LogP contribution in [0.2, 0.25) is 5.02 Å². The van der Waals surface area contributed by atoms with Gasteiger partial charge in [0.05, 0.1) is 27.4 Å². The largest absolute Gasteiger partial charge is 0.494 e. The number of halogens is 1. The molecule has 0 saturated heterocycles. The predicted molar refractivity (Wildman–Crippen MR) is 118 cm³/mol. The number of hydrogen-bond acceptors (Lipinski definition) is 7. The standard InChI is InChI=1S/C21H14ClN5O4/c22-13-5-10-19(23-11-13)26-20(28)17-4-2-1-3-16(17)18(21(26)29)12-24-25-14-6-8-15(9-7-14)27(30)31/h1-12,25,29H. The van der Waals surface area contributed by atoms with Crippen molar-refractivity contribution in [2.45, 2.75) is 0 Å². The maximum absolute atomic E-state index is 13.0. The summed E-state index contributed by atoms with van der Waals surface area (Å²) in [6, 6.07) is 15.6. The lowest BCUT2D eigenvalue weighted by atomic mass is 10.1. The Labute approximate surface area is 180 Å². The zero-order valence-corrected chi connectivity index (χ0v) is 16.5. The number of nitrogens with zero attached hydrogens (tertiary/aromatic N) is 4. The summed E-state index contributed by atoms with van der Waals surface area (Å²) < 4.78 is 1.08. The van der Waals surface area contributed by atoms with Gasteiger partial charge < -0.3 is 5.11 Å². The second-order valence-electron chi connectivity index (χ2n) is 6.43. The van der Waals surface area contributed by atoms with Gasteiger partial charge in [0.2, 0.25) is 5.88 Å². The first-order chi connectivity index (χ1) is 15.0. The summed E-state index contributed by atoms with van der Waals surface area (Å²) in [5.41, 5.74) is 3.07. The average molecular weight is 436 g/mol. The Balaban J connectivity index is 1.77. The number of hydrazone groups is 1. The maximum atomic E-state index is 13.0. The van der Waals surface area contributed by atoms with Gasteiger partial charge in [0.15, 0.2) is 0 Å². The highest BCUT2D eigenvalue weighted by Gasteiger charge is 2.17. The maximum Gasteiger partial charge on any atom is 0.269 e. The first-order valence-electron chi connectivity index (χ1n) is 8.98. The Hall–Kier alpha value is -4.24. The third-order valence-corrected chi connectivity index (χ3v) is 4.73. The summed E-state index contributed by atoms with van der Waals surface area (Å²) in [7, 11) is 0. The Morgan fingerprint density at radius 1 is 1.10 bits per heavy atom. The van der Waals surface area contributed by atoms with Gasteiger partial charge in [-0.3, -0.25) is 20.3 Å². The van der Waals surface area contributed by atoms with Crippen molar-refractivity contribution in [2.24, 2.45) is 5.10 Å². The van der Waals surface area contributed by atoms with Crippen LogP contribution in [0.15, 0.2) is 76.8 Å². The minimum atomic E-state index is -0.495. The van der Waals surface area contributed by atoms with Gasteiger partial charge in [-0.15, -0.1) is 0 Å². The van der Waals surface area contributed by atoms with Crippen LogP contribution in [0.4, 0.5) is 11.4 Å². The van der Waals surface area contributed by atoms with Crippen molar-refractivity contribution in [2.75, 3.05) is 5.43 Å². The average Bonchev–Trinajstić information content (AvgIpc) is 2.78. The molecule has 10 heteroatoms. The summed E-state index contributed by atoms with van der Waals surface area (Å²) >= 11 is 5.88. The van der Waals surface area contributed by atoms with Gasteiger partial charge >= 0.3 is 0 Å². The molecule has 2 N–H and O–H groups in total. The topological polar surface area (TPSA) is 123 Å². The van der Waals surface area contributed by atoms with E-state index in [0.717, 1.165) is 4.57 Å². The molecule has 2 aromatic carbocycles. The van der Waals surface area contributed by atoms with Crippen LogP contribution in [-0.2, 0) is 0 Å². The second kappa shape index (κ2) is 8.25. The highest BCUT2D eigenvalue weighted by atomic mass is 35.5. The Morgan fingerprint density at radius 2 is 1.81 bits per heavy atom. The molecule has 0 atom stereocenters. The van der Waals surface area contributed by atoms with Crippen molar-refractivity contribution in [1.82, 2.24) is 9.55 Å². The molecule has 2 heterocycles. The lowest BCUT2D eigenvalue weighted by molar-refractivity contribution is -0.384. The molecule has 0 aliphatic heterocycles. The van der Waals surface area contributed by atoms with Crippen LogP contribution < -0.4 is 11.0 Å². The number of pyridine rings is 2. The molecule has 31 heavy (non-hydrogen) atoms. The first-order valence-corrected chi connectivity index (χ1v) is 9.35. The SMILES string of the molecule is O=c1c2ccccc2c(C=NNc2ccc([N+](=O)[O-])cc2)c(O)n1-c1ccc(Cl)cn1. The van der Waals surface area contributed by atoms with Gasteiger partial charge in [-0.1, -0.05) is 29.8 Å². The first kappa shape index (κ1) is 20.0. The van der Waals surface area contributed by atoms with E-state index in [2.05, 4.69) is 15.5 Å². The lowest BCUT2D eigenvalue weighted by Gasteiger charge is -2.13. The minimum Gasteiger partial charge on any atom is -0.494 e. The molecule has 0 aliphatic rings. The number of rotatable bonds is 5. The third kappa shape index (κ3) is 3.94. The fourth-order valence-corrected chi connectivity index (χ4v) is 3.14. The van der Waals surface area contributed by atoms with E-state index in [1.165, 1.54) is 42.7 Å². The highest BCUT2D eigenvalue weighted by molar-refractivity contribution is 6.30. The number of aromatic nitrogens is 2. The van der Waals surface area contributed by atoms with Gasteiger partial charge in [-0.2, -0.15) is 5.10 Å². The molecule has 0 saturated carbocycles. The Bertz CT molecular complexity index is 1370. The van der Waals surface area contributed by atoms with Crippen molar-refractivity contribution < 1.29 is 10.0 Å². The van der Waals surface area contributed by atoms with Crippen LogP contribution in [0.3, 0.4) is 0 Å². The van der Waals surface area contributed by atoms with Crippen LogP contribution in [0.5, 0.6) is 5.88 Å². The highest BCUT2D eigenvalue weighted by Crippen LogP contribution is 2.25. The molecule has 0 aliphatic carbocycles. The number of hydrogen-bond donors (Lipinski definition) is 2. The molecule has 9 nitrogen and oxygen atoms in total. The lowest BCUT2D eigenvalue weighted by Crippen LogP contribution is -2.21. The molecule has 0 bridgehead atoms. The monoisotopic (exact) mass is 435 g/mol. The summed E-state index contributed by atoms with van der Waals surface area (Å²) in [5, 5.41) is 27.0. The van der Waals surface area contributed by atoms with Gasteiger partial charge in [0, 0.05) is 29.1 Å². The number of benzene rings is 2. The number of anilines is 1. The normalized spacial score (nSPS) is 11.1. The van der Waals surface area contributed by atoms with Crippen LogP contribution in [0, 0.1) is 10.1 Å². The van der Waals surface area contributed by atoms with E-state index < -0.39 is 10.5 Å². The molecular formula is C21H14ClN5O4. The van der Waals surface area contributed by atoms with Gasteiger partial charge in [0.25, 0.3) is 11.2 Å². The number of non-ortho nitro benzene ring substituents is 1. The van der Waals surface area contributed by atoms with Crippen LogP contribution in [0.25, 0.3) is 16.6 Å². The zero-order valence-electron chi connectivity index (χ0n) is 15.8. The molecule has 4 aromatic rings. The molecule has 154 valence electrons. The van der Waals surface area contributed by atoms with Crippen molar-refractivity contribution in [3.63, 3.8) is 0 Å². The van der Waals surface area contributed by atoms with Gasteiger partial charge in [-0.25, -0.2) is 9.55 Å². The number of nitro benzene ring substituents is 1. The van der Waals surface area contributed by atoms with Crippen molar-refractivity contribution in [3.8, 4) is 11.7 Å². The van der Waals surface area contributed by atoms with E-state index in [1.54, 1.807) is 30.3 Å². The van der Waals surface area contributed by atoms with Crippen molar-refractivity contribution in [1.29, 1.82) is 0 Å². The Kier molecular flexibility index (Phi) is 5.33. The summed E-state index contributed by atoms with van der Waals surface area (Å²) in [5.74, 6) is -0.136. The van der Waals surface area contributed by atoms with E-state index in [1.807, 2.05) is 0 Å². The van der Waals surface area contributed by atoms with E-state index in [-0.39, 0.29) is 17.4 Å². The molecule has 0 unspecified atom stereocenters. The van der Waals surface area contributed by atoms with Crippen LogP contribution in [0.1, 0.15) is 5.56 Å². The molecule has 0 spiro atoms. The van der Waals surface area contributed by atoms with E-state index >= 15 is 0 Å². The predicted octanol–water partition coefficient (Wildman–Crippen LogP) is 4.10. The number of aromatic hydroxyl groups is 1. The van der Waals surface area contributed by atoms with E-state index in [9.17, 15) is 20.0 Å². The van der Waals surface area contributed by atoms with Crippen LogP contribution >= 0.6 is 11.6 Å². The smallest absolute Gasteiger partial charge is 0.269 e. The molecule has 0 amide bonds. The Morgan fingerprint density at radius 3 is 2.45 bits per heavy atom. The van der Waals surface area contributed by atoms with Crippen molar-refractivity contribution in [3.05, 3.63) is 97.9 Å². The number of nitro groups is 1. The van der Waals surface area contributed by atoms with Gasteiger partial charge in [-0.05, 0) is 30.3 Å². The molecule has 0 fully saturated rings. The van der Waals surface area contributed by atoms with E-state index in [4.69, 9.17) is 11.6 Å². The number of fused-ring (bicyclic) bond motifs is 1. The number of nitrogens with one attached hydrogen (secondary N) is 1. The zero-order chi connectivity index (χ0) is 22.0. The minimum absolute atomic E-state index is 0.0410. The second-order valence-corrected chi connectivity index (χ2v) is 6.87. The molecular weight excluding hydrogens is 422 g/mol. The third-order valence-electron chi connectivity index (χ3n) is 4.51. The molecule has 2 aromatic heterocycles. The summed E-state index contributed by atoms with van der Waals surface area (Å²) in [6.07, 6.45) is 2.74.